The van der Waals surface area contributed by atoms with E-state index in [0.717, 1.165) is 48.2 Å². The molecular formula is C12H17BrN2O. The summed E-state index contributed by atoms with van der Waals surface area (Å²) in [6, 6.07) is 5.90. The first-order valence-corrected chi connectivity index (χ1v) is 6.39. The molecule has 1 aromatic rings. The van der Waals surface area contributed by atoms with Gasteiger partial charge in [-0.2, -0.15) is 0 Å². The molecule has 0 bridgehead atoms. The van der Waals surface area contributed by atoms with E-state index in [2.05, 4.69) is 20.8 Å². The Morgan fingerprint density at radius 2 is 2.06 bits per heavy atom. The largest absolute Gasteiger partial charge is 0.398 e. The molecule has 1 aliphatic heterocycles. The lowest BCUT2D eigenvalue weighted by atomic mass is 10.1. The average molecular weight is 285 g/mol. The zero-order valence-electron chi connectivity index (χ0n) is 9.19. The summed E-state index contributed by atoms with van der Waals surface area (Å²) in [6.45, 7) is 2.75. The number of likely N-dealkylation sites (tertiary alicyclic amines) is 1. The first-order valence-electron chi connectivity index (χ1n) is 5.60. The number of hydrogen-bond donors (Lipinski definition) is 2. The van der Waals surface area contributed by atoms with Gasteiger partial charge < -0.3 is 10.8 Å². The van der Waals surface area contributed by atoms with Gasteiger partial charge in [0.15, 0.2) is 0 Å². The number of anilines is 1. The predicted octanol–water partition coefficient (Wildman–Crippen LogP) is 1.99. The standard InChI is InChI=1S/C12H17BrN2O/c13-11-2-1-3-12(14)10(11)8-15-6-4-9(16)5-7-15/h1-3,9,16H,4-8,14H2. The SMILES string of the molecule is Nc1cccc(Br)c1CN1CCC(O)CC1. The van der Waals surface area contributed by atoms with Gasteiger partial charge in [0.05, 0.1) is 6.10 Å². The number of hydrogen-bond acceptors (Lipinski definition) is 3. The maximum absolute atomic E-state index is 9.44. The molecule has 3 nitrogen and oxygen atoms in total. The van der Waals surface area contributed by atoms with E-state index < -0.39 is 0 Å². The summed E-state index contributed by atoms with van der Waals surface area (Å²) >= 11 is 3.53. The first-order chi connectivity index (χ1) is 7.66. The molecule has 1 fully saturated rings. The van der Waals surface area contributed by atoms with E-state index in [4.69, 9.17) is 5.73 Å². The number of nitrogens with two attached hydrogens (primary N) is 1. The zero-order chi connectivity index (χ0) is 11.5. The van der Waals surface area contributed by atoms with Crippen molar-refractivity contribution >= 4 is 21.6 Å². The van der Waals surface area contributed by atoms with Crippen molar-refractivity contribution in [3.05, 3.63) is 28.2 Å². The summed E-state index contributed by atoms with van der Waals surface area (Å²) in [6.07, 6.45) is 1.61. The van der Waals surface area contributed by atoms with Crippen LogP contribution in [0, 0.1) is 0 Å². The second kappa shape index (κ2) is 5.17. The third-order valence-electron chi connectivity index (χ3n) is 3.09. The molecule has 0 aliphatic carbocycles. The molecular weight excluding hydrogens is 268 g/mol. The molecule has 2 rings (SSSR count). The van der Waals surface area contributed by atoms with Gasteiger partial charge in [-0.25, -0.2) is 0 Å². The number of halogens is 1. The molecule has 1 saturated heterocycles. The van der Waals surface area contributed by atoms with Crippen LogP contribution in [-0.2, 0) is 6.54 Å². The number of rotatable bonds is 2. The Balaban J connectivity index is 2.04. The fraction of sp³-hybridized carbons (Fsp3) is 0.500. The van der Waals surface area contributed by atoms with Crippen molar-refractivity contribution in [1.29, 1.82) is 0 Å². The van der Waals surface area contributed by atoms with E-state index in [1.807, 2.05) is 18.2 Å². The van der Waals surface area contributed by atoms with Crippen LogP contribution in [0.4, 0.5) is 5.69 Å². The number of piperidine rings is 1. The Bertz CT molecular complexity index is 342. The number of aliphatic hydroxyl groups excluding tert-OH is 1. The normalized spacial score (nSPS) is 18.9. The van der Waals surface area contributed by atoms with Gasteiger partial charge in [0.25, 0.3) is 0 Å². The molecule has 4 heteroatoms. The summed E-state index contributed by atoms with van der Waals surface area (Å²) < 4.78 is 1.07. The molecule has 0 unspecified atom stereocenters. The molecule has 16 heavy (non-hydrogen) atoms. The molecule has 1 heterocycles. The van der Waals surface area contributed by atoms with E-state index >= 15 is 0 Å². The van der Waals surface area contributed by atoms with Crippen LogP contribution in [0.25, 0.3) is 0 Å². The quantitative estimate of drug-likeness (QED) is 0.817. The van der Waals surface area contributed by atoms with Gasteiger partial charge in [-0.05, 0) is 25.0 Å². The summed E-state index contributed by atoms with van der Waals surface area (Å²) in [5.74, 6) is 0. The Kier molecular flexibility index (Phi) is 3.84. The molecule has 3 N–H and O–H groups in total. The van der Waals surface area contributed by atoms with Gasteiger partial charge in [0, 0.05) is 35.4 Å². The van der Waals surface area contributed by atoms with Crippen molar-refractivity contribution in [3.63, 3.8) is 0 Å². The lowest BCUT2D eigenvalue weighted by molar-refractivity contribution is 0.0792. The van der Waals surface area contributed by atoms with E-state index in [1.54, 1.807) is 0 Å². The van der Waals surface area contributed by atoms with Gasteiger partial charge in [-0.1, -0.05) is 22.0 Å². The number of nitrogens with zero attached hydrogens (tertiary/aromatic N) is 1. The molecule has 0 saturated carbocycles. The highest BCUT2D eigenvalue weighted by Crippen LogP contribution is 2.25. The van der Waals surface area contributed by atoms with E-state index in [9.17, 15) is 5.11 Å². The van der Waals surface area contributed by atoms with Crippen LogP contribution in [0.5, 0.6) is 0 Å². The minimum Gasteiger partial charge on any atom is -0.398 e. The van der Waals surface area contributed by atoms with E-state index in [0.29, 0.717) is 0 Å². The topological polar surface area (TPSA) is 49.5 Å². The second-order valence-corrected chi connectivity index (χ2v) is 5.17. The van der Waals surface area contributed by atoms with E-state index in [1.165, 1.54) is 0 Å². The van der Waals surface area contributed by atoms with Crippen LogP contribution in [0.2, 0.25) is 0 Å². The Morgan fingerprint density at radius 3 is 2.69 bits per heavy atom. The van der Waals surface area contributed by atoms with Crippen molar-refractivity contribution in [2.24, 2.45) is 0 Å². The van der Waals surface area contributed by atoms with E-state index in [-0.39, 0.29) is 6.10 Å². The van der Waals surface area contributed by atoms with Crippen LogP contribution < -0.4 is 5.73 Å². The molecule has 0 aromatic heterocycles. The number of aliphatic hydroxyl groups is 1. The second-order valence-electron chi connectivity index (χ2n) is 4.31. The average Bonchev–Trinajstić information content (AvgIpc) is 2.26. The molecule has 88 valence electrons. The van der Waals surface area contributed by atoms with Gasteiger partial charge in [0.1, 0.15) is 0 Å². The summed E-state index contributed by atoms with van der Waals surface area (Å²) in [7, 11) is 0. The highest BCUT2D eigenvalue weighted by atomic mass is 79.9. The summed E-state index contributed by atoms with van der Waals surface area (Å²) in [5.41, 5.74) is 7.95. The predicted molar refractivity (Wildman–Crippen MR) is 69.1 cm³/mol. The fourth-order valence-electron chi connectivity index (χ4n) is 2.04. The lowest BCUT2D eigenvalue weighted by Gasteiger charge is -2.30. The van der Waals surface area contributed by atoms with Crippen molar-refractivity contribution in [2.75, 3.05) is 18.8 Å². The Hall–Kier alpha value is -0.580. The maximum Gasteiger partial charge on any atom is 0.0564 e. The molecule has 0 radical (unpaired) electrons. The van der Waals surface area contributed by atoms with Crippen molar-refractivity contribution in [2.45, 2.75) is 25.5 Å². The van der Waals surface area contributed by atoms with Gasteiger partial charge in [0.2, 0.25) is 0 Å². The maximum atomic E-state index is 9.44. The lowest BCUT2D eigenvalue weighted by Crippen LogP contribution is -2.35. The van der Waals surface area contributed by atoms with Crippen molar-refractivity contribution in [1.82, 2.24) is 4.90 Å². The van der Waals surface area contributed by atoms with Crippen LogP contribution in [0.1, 0.15) is 18.4 Å². The first kappa shape index (κ1) is 11.9. The smallest absolute Gasteiger partial charge is 0.0564 e. The van der Waals surface area contributed by atoms with Crippen LogP contribution >= 0.6 is 15.9 Å². The van der Waals surface area contributed by atoms with Crippen LogP contribution in [0.3, 0.4) is 0 Å². The Labute approximate surface area is 104 Å². The fourth-order valence-corrected chi connectivity index (χ4v) is 2.55. The van der Waals surface area contributed by atoms with Crippen molar-refractivity contribution < 1.29 is 5.11 Å². The number of benzene rings is 1. The van der Waals surface area contributed by atoms with Gasteiger partial charge in [-0.15, -0.1) is 0 Å². The minimum absolute atomic E-state index is 0.118. The Morgan fingerprint density at radius 1 is 1.38 bits per heavy atom. The van der Waals surface area contributed by atoms with Gasteiger partial charge in [-0.3, -0.25) is 4.90 Å². The van der Waals surface area contributed by atoms with Crippen LogP contribution in [0.15, 0.2) is 22.7 Å². The molecule has 1 aromatic carbocycles. The zero-order valence-corrected chi connectivity index (χ0v) is 10.8. The van der Waals surface area contributed by atoms with Crippen LogP contribution in [-0.4, -0.2) is 29.2 Å². The summed E-state index contributed by atoms with van der Waals surface area (Å²) in [4.78, 5) is 2.34. The summed E-state index contributed by atoms with van der Waals surface area (Å²) in [5, 5.41) is 9.44. The monoisotopic (exact) mass is 284 g/mol. The molecule has 1 aliphatic rings. The minimum atomic E-state index is -0.118. The highest BCUT2D eigenvalue weighted by Gasteiger charge is 2.18. The number of nitrogen functional groups attached to an aromatic ring is 1. The molecule has 0 atom stereocenters. The molecule has 0 spiro atoms. The third-order valence-corrected chi connectivity index (χ3v) is 3.84. The van der Waals surface area contributed by atoms with Gasteiger partial charge >= 0.3 is 0 Å². The molecule has 0 amide bonds. The third kappa shape index (κ3) is 2.75. The highest BCUT2D eigenvalue weighted by molar-refractivity contribution is 9.10. The van der Waals surface area contributed by atoms with Crippen molar-refractivity contribution in [3.8, 4) is 0 Å².